The van der Waals surface area contributed by atoms with Crippen molar-refractivity contribution < 1.29 is 9.59 Å². The quantitative estimate of drug-likeness (QED) is 0.792. The second-order valence-electron chi connectivity index (χ2n) is 5.93. The van der Waals surface area contributed by atoms with Crippen LogP contribution in [0.2, 0.25) is 0 Å². The average molecular weight is 293 g/mol. The van der Waals surface area contributed by atoms with Gasteiger partial charge >= 0.3 is 0 Å². The maximum Gasteiger partial charge on any atom is 0.224 e. The Kier molecular flexibility index (Phi) is 5.30. The third-order valence-corrected chi connectivity index (χ3v) is 3.60. The number of H-pyrrole nitrogens is 1. The van der Waals surface area contributed by atoms with Crippen molar-refractivity contribution in [1.82, 2.24) is 25.6 Å². The molecule has 1 aliphatic heterocycles. The minimum atomic E-state index is -0.0984. The fourth-order valence-corrected chi connectivity index (χ4v) is 2.55. The van der Waals surface area contributed by atoms with Gasteiger partial charge in [0, 0.05) is 32.5 Å². The zero-order valence-electron chi connectivity index (χ0n) is 12.6. The summed E-state index contributed by atoms with van der Waals surface area (Å²) in [4.78, 5) is 25.8. The van der Waals surface area contributed by atoms with Crippen molar-refractivity contribution in [3.05, 3.63) is 11.9 Å². The highest BCUT2D eigenvalue weighted by Crippen LogP contribution is 2.18. The monoisotopic (exact) mass is 293 g/mol. The largest absolute Gasteiger partial charge is 0.355 e. The van der Waals surface area contributed by atoms with Gasteiger partial charge in [-0.05, 0) is 12.3 Å². The Hall–Kier alpha value is -1.92. The normalized spacial score (nSPS) is 19.1. The topological polar surface area (TPSA) is 91.0 Å². The second-order valence-corrected chi connectivity index (χ2v) is 5.93. The molecule has 2 heterocycles. The summed E-state index contributed by atoms with van der Waals surface area (Å²) < 4.78 is 0. The lowest BCUT2D eigenvalue weighted by Crippen LogP contribution is -2.47. The van der Waals surface area contributed by atoms with Crippen molar-refractivity contribution in [3.63, 3.8) is 0 Å². The molecule has 2 amide bonds. The summed E-state index contributed by atoms with van der Waals surface area (Å²) in [6.07, 6.45) is 3.41. The van der Waals surface area contributed by atoms with Gasteiger partial charge in [-0.3, -0.25) is 9.59 Å². The minimum Gasteiger partial charge on any atom is -0.355 e. The predicted molar refractivity (Wildman–Crippen MR) is 77.2 cm³/mol. The van der Waals surface area contributed by atoms with Gasteiger partial charge in [0.05, 0.1) is 17.8 Å². The number of piperidine rings is 1. The molecular weight excluding hydrogens is 270 g/mol. The number of hydrogen-bond donors (Lipinski definition) is 2. The molecule has 2 rings (SSSR count). The van der Waals surface area contributed by atoms with E-state index in [1.807, 2.05) is 4.90 Å². The van der Waals surface area contributed by atoms with E-state index in [-0.39, 0.29) is 17.7 Å². The van der Waals surface area contributed by atoms with Crippen molar-refractivity contribution in [1.29, 1.82) is 0 Å². The summed E-state index contributed by atoms with van der Waals surface area (Å²) in [7, 11) is 0. The molecule has 1 atom stereocenters. The van der Waals surface area contributed by atoms with Crippen LogP contribution in [0, 0.1) is 11.8 Å². The molecule has 1 aromatic rings. The Labute approximate surface area is 124 Å². The van der Waals surface area contributed by atoms with E-state index in [1.54, 1.807) is 6.20 Å². The van der Waals surface area contributed by atoms with Gasteiger partial charge in [0.15, 0.2) is 0 Å². The number of aromatic amines is 1. The summed E-state index contributed by atoms with van der Waals surface area (Å²) in [6.45, 7) is 5.96. The fraction of sp³-hybridized carbons (Fsp3) is 0.714. The molecule has 116 valence electrons. The first-order valence-electron chi connectivity index (χ1n) is 7.46. The molecule has 0 aromatic carbocycles. The Morgan fingerprint density at radius 3 is 3.05 bits per heavy atom. The predicted octanol–water partition coefficient (Wildman–Crippen LogP) is 0.358. The first-order valence-corrected chi connectivity index (χ1v) is 7.46. The molecule has 0 bridgehead atoms. The number of hydrogen-bond acceptors (Lipinski definition) is 4. The summed E-state index contributed by atoms with van der Waals surface area (Å²) in [5.74, 6) is 0.511. The van der Waals surface area contributed by atoms with E-state index >= 15 is 0 Å². The molecule has 1 aromatic heterocycles. The van der Waals surface area contributed by atoms with Gasteiger partial charge in [0.2, 0.25) is 11.8 Å². The molecule has 0 saturated carbocycles. The molecule has 21 heavy (non-hydrogen) atoms. The van der Waals surface area contributed by atoms with Crippen LogP contribution in [0.15, 0.2) is 6.20 Å². The van der Waals surface area contributed by atoms with E-state index in [2.05, 4.69) is 34.6 Å². The van der Waals surface area contributed by atoms with Crippen LogP contribution in [0.25, 0.3) is 0 Å². The molecule has 0 spiro atoms. The van der Waals surface area contributed by atoms with E-state index in [0.717, 1.165) is 12.2 Å². The molecule has 1 saturated heterocycles. The lowest BCUT2D eigenvalue weighted by Gasteiger charge is -2.33. The minimum absolute atomic E-state index is 0.0275. The van der Waals surface area contributed by atoms with Crippen molar-refractivity contribution in [2.24, 2.45) is 11.8 Å². The highest BCUT2D eigenvalue weighted by molar-refractivity contribution is 5.83. The molecule has 2 N–H and O–H groups in total. The van der Waals surface area contributed by atoms with Crippen molar-refractivity contribution in [2.75, 3.05) is 19.6 Å². The Bertz CT molecular complexity index is 472. The van der Waals surface area contributed by atoms with Crippen molar-refractivity contribution >= 4 is 11.8 Å². The van der Waals surface area contributed by atoms with Crippen molar-refractivity contribution in [3.8, 4) is 0 Å². The van der Waals surface area contributed by atoms with Gasteiger partial charge in [-0.1, -0.05) is 13.8 Å². The van der Waals surface area contributed by atoms with Crippen LogP contribution in [-0.2, 0) is 16.0 Å². The standard InChI is InChI=1S/C14H23N5O2/c1-10(2)8-19-9-11(3-4-13(19)20)14(21)15-6-5-12-7-16-18-17-12/h7,10-11H,3-6,8-9H2,1-2H3,(H,15,21)(H,16,17,18). The van der Waals surface area contributed by atoms with Crippen LogP contribution in [-0.4, -0.2) is 51.8 Å². The Morgan fingerprint density at radius 2 is 2.38 bits per heavy atom. The summed E-state index contributed by atoms with van der Waals surface area (Å²) in [5.41, 5.74) is 0.829. The third-order valence-electron chi connectivity index (χ3n) is 3.60. The van der Waals surface area contributed by atoms with Gasteiger partial charge in [0.25, 0.3) is 0 Å². The van der Waals surface area contributed by atoms with Gasteiger partial charge < -0.3 is 10.2 Å². The Balaban J connectivity index is 1.77. The maximum atomic E-state index is 12.2. The molecule has 7 heteroatoms. The van der Waals surface area contributed by atoms with Crippen LogP contribution < -0.4 is 5.32 Å². The zero-order valence-corrected chi connectivity index (χ0v) is 12.6. The maximum absolute atomic E-state index is 12.2. The summed E-state index contributed by atoms with van der Waals surface area (Å²) >= 11 is 0. The number of nitrogens with one attached hydrogen (secondary N) is 2. The number of amides is 2. The third kappa shape index (κ3) is 4.54. The molecule has 7 nitrogen and oxygen atoms in total. The number of rotatable bonds is 6. The SMILES string of the molecule is CC(C)CN1CC(C(=O)NCCc2cn[nH]n2)CCC1=O. The fourth-order valence-electron chi connectivity index (χ4n) is 2.55. The molecule has 1 unspecified atom stereocenters. The van der Waals surface area contributed by atoms with E-state index < -0.39 is 0 Å². The van der Waals surface area contributed by atoms with Crippen LogP contribution in [0.3, 0.4) is 0 Å². The van der Waals surface area contributed by atoms with Gasteiger partial charge in [-0.25, -0.2) is 0 Å². The average Bonchev–Trinajstić information content (AvgIpc) is 2.94. The van der Waals surface area contributed by atoms with E-state index in [4.69, 9.17) is 0 Å². The van der Waals surface area contributed by atoms with E-state index in [9.17, 15) is 9.59 Å². The first-order chi connectivity index (χ1) is 10.1. The van der Waals surface area contributed by atoms with Crippen molar-refractivity contribution in [2.45, 2.75) is 33.1 Å². The molecule has 1 aliphatic rings. The number of likely N-dealkylation sites (tertiary alicyclic amines) is 1. The lowest BCUT2D eigenvalue weighted by molar-refractivity contribution is -0.138. The van der Waals surface area contributed by atoms with E-state index in [0.29, 0.717) is 38.3 Å². The number of carbonyl (C=O) groups excluding carboxylic acids is 2. The number of carbonyl (C=O) groups is 2. The van der Waals surface area contributed by atoms with Gasteiger partial charge in [-0.15, -0.1) is 0 Å². The Morgan fingerprint density at radius 1 is 1.57 bits per heavy atom. The summed E-state index contributed by atoms with van der Waals surface area (Å²) in [6, 6.07) is 0. The highest BCUT2D eigenvalue weighted by Gasteiger charge is 2.30. The molecular formula is C14H23N5O2. The first kappa shape index (κ1) is 15.5. The van der Waals surface area contributed by atoms with Crippen LogP contribution in [0.4, 0.5) is 0 Å². The lowest BCUT2D eigenvalue weighted by atomic mass is 9.96. The number of aromatic nitrogens is 3. The molecule has 1 fully saturated rings. The van der Waals surface area contributed by atoms with E-state index in [1.165, 1.54) is 0 Å². The molecule has 0 aliphatic carbocycles. The second kappa shape index (κ2) is 7.19. The van der Waals surface area contributed by atoms with Gasteiger partial charge in [-0.2, -0.15) is 15.4 Å². The van der Waals surface area contributed by atoms with Crippen LogP contribution in [0.5, 0.6) is 0 Å². The van der Waals surface area contributed by atoms with Gasteiger partial charge in [0.1, 0.15) is 0 Å². The smallest absolute Gasteiger partial charge is 0.224 e. The highest BCUT2D eigenvalue weighted by atomic mass is 16.2. The van der Waals surface area contributed by atoms with Crippen LogP contribution in [0.1, 0.15) is 32.4 Å². The summed E-state index contributed by atoms with van der Waals surface area (Å²) in [5, 5.41) is 13.1. The molecule has 0 radical (unpaired) electrons. The number of nitrogens with zero attached hydrogens (tertiary/aromatic N) is 3. The van der Waals surface area contributed by atoms with Crippen LogP contribution >= 0.6 is 0 Å². The zero-order chi connectivity index (χ0) is 15.2.